The molecular weight excluding hydrogens is 336 g/mol. The maximum absolute atomic E-state index is 11.2. The summed E-state index contributed by atoms with van der Waals surface area (Å²) in [5.74, 6) is -1.21. The Labute approximate surface area is 158 Å². The minimum Gasteiger partial charge on any atom is -0.477 e. The van der Waals surface area contributed by atoms with Gasteiger partial charge in [0.1, 0.15) is 11.6 Å². The summed E-state index contributed by atoms with van der Waals surface area (Å²) >= 11 is 0. The number of allylic oxidation sites excluding steroid dienone is 1. The highest BCUT2D eigenvalue weighted by Crippen LogP contribution is 2.34. The molecule has 0 fully saturated rings. The van der Waals surface area contributed by atoms with Crippen LogP contribution in [0.15, 0.2) is 90.5 Å². The van der Waals surface area contributed by atoms with Gasteiger partial charge in [0.15, 0.2) is 0 Å². The van der Waals surface area contributed by atoms with Gasteiger partial charge in [-0.3, -0.25) is 0 Å². The first-order chi connectivity index (χ1) is 13.1. The lowest BCUT2D eigenvalue weighted by molar-refractivity contribution is -0.132. The minimum absolute atomic E-state index is 0.245. The Hall–Kier alpha value is -3.84. The molecule has 4 nitrogen and oxygen atoms in total. The van der Waals surface area contributed by atoms with Crippen LogP contribution in [0.5, 0.6) is 0 Å². The van der Waals surface area contributed by atoms with Crippen molar-refractivity contribution in [1.29, 1.82) is 5.26 Å². The van der Waals surface area contributed by atoms with Crippen LogP contribution in [0.1, 0.15) is 12.5 Å². The zero-order valence-electron chi connectivity index (χ0n) is 14.8. The topological polar surface area (TPSA) is 64.3 Å². The molecule has 4 heteroatoms. The molecule has 1 N–H and O–H groups in total. The zero-order chi connectivity index (χ0) is 19.2. The lowest BCUT2D eigenvalue weighted by Crippen LogP contribution is -2.09. The number of rotatable bonds is 5. The molecule has 0 aliphatic carbocycles. The van der Waals surface area contributed by atoms with Crippen molar-refractivity contribution in [3.05, 3.63) is 96.1 Å². The fourth-order valence-corrected chi connectivity index (χ4v) is 2.90. The van der Waals surface area contributed by atoms with Gasteiger partial charge in [0, 0.05) is 17.1 Å². The summed E-state index contributed by atoms with van der Waals surface area (Å²) in [5, 5.41) is 18.2. The number of anilines is 3. The van der Waals surface area contributed by atoms with Gasteiger partial charge in [-0.1, -0.05) is 48.5 Å². The highest BCUT2D eigenvalue weighted by molar-refractivity contribution is 6.00. The molecule has 0 spiro atoms. The largest absolute Gasteiger partial charge is 0.477 e. The van der Waals surface area contributed by atoms with E-state index >= 15 is 0 Å². The minimum atomic E-state index is -1.21. The van der Waals surface area contributed by atoms with E-state index in [1.54, 1.807) is 13.0 Å². The second-order valence-corrected chi connectivity index (χ2v) is 5.97. The van der Waals surface area contributed by atoms with Crippen molar-refractivity contribution in [2.75, 3.05) is 4.90 Å². The van der Waals surface area contributed by atoms with Crippen LogP contribution in [-0.4, -0.2) is 11.1 Å². The summed E-state index contributed by atoms with van der Waals surface area (Å²) in [6, 6.07) is 29.3. The van der Waals surface area contributed by atoms with Crippen LogP contribution < -0.4 is 4.90 Å². The lowest BCUT2D eigenvalue weighted by Gasteiger charge is -2.25. The number of carboxylic acids is 1. The molecule has 132 valence electrons. The monoisotopic (exact) mass is 354 g/mol. The molecule has 0 aromatic heterocycles. The summed E-state index contributed by atoms with van der Waals surface area (Å²) in [5.41, 5.74) is 3.89. The molecule has 0 aliphatic heterocycles. The van der Waals surface area contributed by atoms with Crippen LogP contribution in [0, 0.1) is 11.3 Å². The normalized spacial score (nSPS) is 11.3. The van der Waals surface area contributed by atoms with E-state index in [4.69, 9.17) is 10.4 Å². The number of nitriles is 1. The van der Waals surface area contributed by atoms with Crippen molar-refractivity contribution in [2.45, 2.75) is 6.92 Å². The molecule has 0 atom stereocenters. The van der Waals surface area contributed by atoms with E-state index in [9.17, 15) is 4.79 Å². The highest BCUT2D eigenvalue weighted by atomic mass is 16.4. The van der Waals surface area contributed by atoms with E-state index in [1.807, 2.05) is 84.9 Å². The molecule has 3 rings (SSSR count). The number of para-hydroxylation sites is 2. The molecular formula is C23H18N2O2. The van der Waals surface area contributed by atoms with E-state index in [2.05, 4.69) is 4.90 Å². The molecule has 27 heavy (non-hydrogen) atoms. The van der Waals surface area contributed by atoms with Gasteiger partial charge in [-0.05, 0) is 54.5 Å². The molecule has 0 amide bonds. The fourth-order valence-electron chi connectivity index (χ4n) is 2.90. The third-order valence-electron chi connectivity index (χ3n) is 4.29. The van der Waals surface area contributed by atoms with Gasteiger partial charge in [0.05, 0.1) is 0 Å². The molecule has 0 aliphatic rings. The molecule has 0 heterocycles. The first-order valence-corrected chi connectivity index (χ1v) is 8.46. The number of carboxylic acid groups (broad SMARTS) is 1. The number of hydrogen-bond donors (Lipinski definition) is 1. The van der Waals surface area contributed by atoms with Gasteiger partial charge in [-0.2, -0.15) is 5.26 Å². The Morgan fingerprint density at radius 2 is 1.26 bits per heavy atom. The van der Waals surface area contributed by atoms with Crippen LogP contribution in [0.3, 0.4) is 0 Å². The van der Waals surface area contributed by atoms with E-state index < -0.39 is 5.97 Å². The van der Waals surface area contributed by atoms with Crippen molar-refractivity contribution in [3.8, 4) is 6.07 Å². The second-order valence-electron chi connectivity index (χ2n) is 5.97. The van der Waals surface area contributed by atoms with E-state index in [0.717, 1.165) is 17.1 Å². The fraction of sp³-hybridized carbons (Fsp3) is 0.0435. The second kappa shape index (κ2) is 8.03. The van der Waals surface area contributed by atoms with Crippen molar-refractivity contribution in [3.63, 3.8) is 0 Å². The number of aliphatic carboxylic acids is 1. The molecule has 3 aromatic rings. The summed E-state index contributed by atoms with van der Waals surface area (Å²) in [6.07, 6.45) is 0. The predicted molar refractivity (Wildman–Crippen MR) is 107 cm³/mol. The summed E-state index contributed by atoms with van der Waals surface area (Å²) in [7, 11) is 0. The first kappa shape index (κ1) is 18.0. The van der Waals surface area contributed by atoms with Gasteiger partial charge in [0.25, 0.3) is 0 Å². The van der Waals surface area contributed by atoms with Crippen LogP contribution in [0.4, 0.5) is 17.1 Å². The first-order valence-electron chi connectivity index (χ1n) is 8.46. The quantitative estimate of drug-likeness (QED) is 0.483. The number of carbonyl (C=O) groups is 1. The van der Waals surface area contributed by atoms with Gasteiger partial charge in [-0.25, -0.2) is 4.79 Å². The molecule has 0 saturated carbocycles. The SMILES string of the molecule is C/C(=C(\C#N)C(=O)O)c1ccc(N(c2ccccc2)c2ccccc2)cc1. The van der Waals surface area contributed by atoms with Crippen LogP contribution in [0.2, 0.25) is 0 Å². The molecule has 0 bridgehead atoms. The Balaban J connectivity index is 2.05. The standard InChI is InChI=1S/C23H18N2O2/c1-17(22(16-24)23(26)27)18-12-14-21(15-13-18)25(19-8-4-2-5-9-19)20-10-6-3-7-11-20/h2-15H,1H3,(H,26,27)/b22-17-. The van der Waals surface area contributed by atoms with Gasteiger partial charge in [-0.15, -0.1) is 0 Å². The zero-order valence-corrected chi connectivity index (χ0v) is 14.8. The Morgan fingerprint density at radius 1 is 0.815 bits per heavy atom. The third-order valence-corrected chi connectivity index (χ3v) is 4.29. The highest BCUT2D eigenvalue weighted by Gasteiger charge is 2.14. The van der Waals surface area contributed by atoms with Gasteiger partial charge < -0.3 is 10.0 Å². The summed E-state index contributed by atoms with van der Waals surface area (Å²) in [6.45, 7) is 1.65. The van der Waals surface area contributed by atoms with Gasteiger partial charge in [0.2, 0.25) is 0 Å². The molecule has 0 unspecified atom stereocenters. The van der Waals surface area contributed by atoms with E-state index in [-0.39, 0.29) is 5.57 Å². The number of hydrogen-bond acceptors (Lipinski definition) is 3. The van der Waals surface area contributed by atoms with Crippen LogP contribution >= 0.6 is 0 Å². The summed E-state index contributed by atoms with van der Waals surface area (Å²) < 4.78 is 0. The van der Waals surface area contributed by atoms with Crippen molar-refractivity contribution < 1.29 is 9.90 Å². The maximum Gasteiger partial charge on any atom is 0.346 e. The number of nitrogens with zero attached hydrogens (tertiary/aromatic N) is 2. The van der Waals surface area contributed by atoms with E-state index in [1.165, 1.54) is 0 Å². The third kappa shape index (κ3) is 3.88. The Morgan fingerprint density at radius 3 is 1.67 bits per heavy atom. The lowest BCUT2D eigenvalue weighted by atomic mass is 10.0. The maximum atomic E-state index is 11.2. The van der Waals surface area contributed by atoms with E-state index in [0.29, 0.717) is 11.1 Å². The Kier molecular flexibility index (Phi) is 5.34. The van der Waals surface area contributed by atoms with Crippen LogP contribution in [-0.2, 0) is 4.79 Å². The molecule has 0 saturated heterocycles. The van der Waals surface area contributed by atoms with Crippen molar-refractivity contribution >= 4 is 28.6 Å². The van der Waals surface area contributed by atoms with Crippen molar-refractivity contribution in [1.82, 2.24) is 0 Å². The van der Waals surface area contributed by atoms with Crippen molar-refractivity contribution in [2.24, 2.45) is 0 Å². The smallest absolute Gasteiger partial charge is 0.346 e. The molecule has 0 radical (unpaired) electrons. The predicted octanol–water partition coefficient (Wildman–Crippen LogP) is 5.54. The number of benzene rings is 3. The van der Waals surface area contributed by atoms with Gasteiger partial charge >= 0.3 is 5.97 Å². The molecule has 3 aromatic carbocycles. The van der Waals surface area contributed by atoms with Crippen LogP contribution in [0.25, 0.3) is 5.57 Å². The Bertz CT molecular complexity index is 962. The summed E-state index contributed by atoms with van der Waals surface area (Å²) in [4.78, 5) is 13.3. The average Bonchev–Trinajstić information content (AvgIpc) is 2.70. The average molecular weight is 354 g/mol.